The molecule has 0 amide bonds. The van der Waals surface area contributed by atoms with Gasteiger partial charge in [-0.15, -0.1) is 0 Å². The molecular formula is C14H15N3O. The molecule has 1 aromatic heterocycles. The van der Waals surface area contributed by atoms with E-state index in [1.807, 2.05) is 12.1 Å². The second-order valence-corrected chi connectivity index (χ2v) is 4.35. The molecule has 1 aliphatic rings. The number of hydrogen-bond acceptors (Lipinski definition) is 4. The Morgan fingerprint density at radius 1 is 1.17 bits per heavy atom. The van der Waals surface area contributed by atoms with Gasteiger partial charge in [0.2, 0.25) is 5.95 Å². The van der Waals surface area contributed by atoms with Crippen LogP contribution in [-0.4, -0.2) is 23.6 Å². The van der Waals surface area contributed by atoms with Gasteiger partial charge in [0.25, 0.3) is 0 Å². The van der Waals surface area contributed by atoms with E-state index in [2.05, 4.69) is 27.0 Å². The number of benzene rings is 1. The summed E-state index contributed by atoms with van der Waals surface area (Å²) in [4.78, 5) is 10.8. The third kappa shape index (κ3) is 2.01. The zero-order valence-electron chi connectivity index (χ0n) is 10.3. The van der Waals surface area contributed by atoms with Crippen molar-refractivity contribution in [1.29, 1.82) is 0 Å². The Labute approximate surface area is 106 Å². The maximum atomic E-state index is 5.25. The topological polar surface area (TPSA) is 38.2 Å². The van der Waals surface area contributed by atoms with Crippen molar-refractivity contribution in [2.24, 2.45) is 0 Å². The van der Waals surface area contributed by atoms with E-state index in [1.165, 1.54) is 11.1 Å². The number of fused-ring (bicyclic) bond motifs is 1. The van der Waals surface area contributed by atoms with Crippen LogP contribution in [0, 0.1) is 0 Å². The maximum Gasteiger partial charge on any atom is 0.225 e. The largest absolute Gasteiger partial charge is 0.497 e. The Balaban J connectivity index is 1.85. The van der Waals surface area contributed by atoms with Gasteiger partial charge >= 0.3 is 0 Å². The summed E-state index contributed by atoms with van der Waals surface area (Å²) >= 11 is 0. The van der Waals surface area contributed by atoms with Crippen molar-refractivity contribution in [2.45, 2.75) is 13.0 Å². The number of rotatable bonds is 2. The Bertz CT molecular complexity index is 542. The Morgan fingerprint density at radius 3 is 2.78 bits per heavy atom. The molecule has 0 N–H and O–H groups in total. The van der Waals surface area contributed by atoms with Gasteiger partial charge in [0.05, 0.1) is 7.11 Å². The molecule has 18 heavy (non-hydrogen) atoms. The minimum absolute atomic E-state index is 0.805. The van der Waals surface area contributed by atoms with Crippen LogP contribution < -0.4 is 9.64 Å². The van der Waals surface area contributed by atoms with Crippen molar-refractivity contribution in [1.82, 2.24) is 9.97 Å². The average molecular weight is 241 g/mol. The van der Waals surface area contributed by atoms with Gasteiger partial charge < -0.3 is 9.64 Å². The highest BCUT2D eigenvalue weighted by molar-refractivity contribution is 5.42. The van der Waals surface area contributed by atoms with Gasteiger partial charge in [0.15, 0.2) is 0 Å². The van der Waals surface area contributed by atoms with Crippen LogP contribution in [0.5, 0.6) is 5.75 Å². The highest BCUT2D eigenvalue weighted by atomic mass is 16.5. The SMILES string of the molecule is COc1ccc2c(c1)CCN(c1ncccn1)C2. The first-order valence-corrected chi connectivity index (χ1v) is 6.04. The molecule has 0 saturated heterocycles. The quantitative estimate of drug-likeness (QED) is 0.806. The molecule has 4 heteroatoms. The van der Waals surface area contributed by atoms with Gasteiger partial charge in [-0.05, 0) is 35.7 Å². The molecule has 92 valence electrons. The summed E-state index contributed by atoms with van der Waals surface area (Å²) in [5.74, 6) is 1.73. The molecule has 3 rings (SSSR count). The molecule has 0 spiro atoms. The maximum absolute atomic E-state index is 5.25. The number of hydrogen-bond donors (Lipinski definition) is 0. The Morgan fingerprint density at radius 2 is 2.00 bits per heavy atom. The highest BCUT2D eigenvalue weighted by Gasteiger charge is 2.18. The van der Waals surface area contributed by atoms with Gasteiger partial charge in [-0.2, -0.15) is 0 Å². The number of nitrogens with zero attached hydrogens (tertiary/aromatic N) is 3. The zero-order chi connectivity index (χ0) is 12.4. The average Bonchev–Trinajstić information content (AvgIpc) is 2.47. The predicted octanol–water partition coefficient (Wildman–Crippen LogP) is 2.05. The fourth-order valence-corrected chi connectivity index (χ4v) is 2.28. The van der Waals surface area contributed by atoms with Crippen molar-refractivity contribution in [2.75, 3.05) is 18.6 Å². The lowest BCUT2D eigenvalue weighted by molar-refractivity contribution is 0.413. The van der Waals surface area contributed by atoms with E-state index in [-0.39, 0.29) is 0 Å². The zero-order valence-corrected chi connectivity index (χ0v) is 10.3. The van der Waals surface area contributed by atoms with Crippen LogP contribution in [0.2, 0.25) is 0 Å². The summed E-state index contributed by atoms with van der Waals surface area (Å²) in [5, 5.41) is 0. The van der Waals surface area contributed by atoms with Crippen LogP contribution >= 0.6 is 0 Å². The van der Waals surface area contributed by atoms with E-state index in [9.17, 15) is 0 Å². The number of methoxy groups -OCH3 is 1. The van der Waals surface area contributed by atoms with Gasteiger partial charge in [-0.25, -0.2) is 9.97 Å². The van der Waals surface area contributed by atoms with Crippen molar-refractivity contribution >= 4 is 5.95 Å². The van der Waals surface area contributed by atoms with Crippen molar-refractivity contribution in [3.63, 3.8) is 0 Å². The first-order valence-electron chi connectivity index (χ1n) is 6.04. The molecule has 1 aromatic carbocycles. The van der Waals surface area contributed by atoms with E-state index in [0.717, 1.165) is 31.2 Å². The van der Waals surface area contributed by atoms with Crippen LogP contribution in [0.25, 0.3) is 0 Å². The molecule has 0 aliphatic carbocycles. The Hall–Kier alpha value is -2.10. The first-order chi connectivity index (χ1) is 8.86. The molecule has 0 unspecified atom stereocenters. The molecular weight excluding hydrogens is 226 g/mol. The summed E-state index contributed by atoms with van der Waals surface area (Å²) in [7, 11) is 1.70. The molecule has 4 nitrogen and oxygen atoms in total. The molecule has 0 bridgehead atoms. The van der Waals surface area contributed by atoms with Crippen molar-refractivity contribution < 1.29 is 4.74 Å². The lowest BCUT2D eigenvalue weighted by Crippen LogP contribution is -2.31. The predicted molar refractivity (Wildman–Crippen MR) is 69.8 cm³/mol. The summed E-state index contributed by atoms with van der Waals surface area (Å²) in [5.41, 5.74) is 2.69. The molecule has 1 aliphatic heterocycles. The second-order valence-electron chi connectivity index (χ2n) is 4.35. The van der Waals surface area contributed by atoms with Crippen LogP contribution in [0.3, 0.4) is 0 Å². The van der Waals surface area contributed by atoms with Crippen LogP contribution in [0.15, 0.2) is 36.7 Å². The van der Waals surface area contributed by atoms with Crippen molar-refractivity contribution in [3.8, 4) is 5.75 Å². The number of anilines is 1. The fourth-order valence-electron chi connectivity index (χ4n) is 2.28. The van der Waals surface area contributed by atoms with Gasteiger partial charge in [-0.3, -0.25) is 0 Å². The van der Waals surface area contributed by atoms with E-state index in [0.29, 0.717) is 0 Å². The van der Waals surface area contributed by atoms with Gasteiger partial charge in [-0.1, -0.05) is 6.07 Å². The molecule has 0 atom stereocenters. The van der Waals surface area contributed by atoms with Crippen molar-refractivity contribution in [3.05, 3.63) is 47.8 Å². The second kappa shape index (κ2) is 4.64. The minimum Gasteiger partial charge on any atom is -0.497 e. The fraction of sp³-hybridized carbons (Fsp3) is 0.286. The van der Waals surface area contributed by atoms with Crippen LogP contribution in [0.1, 0.15) is 11.1 Å². The molecule has 2 heterocycles. The third-order valence-corrected chi connectivity index (χ3v) is 3.26. The molecule has 2 aromatic rings. The molecule has 0 radical (unpaired) electrons. The van der Waals surface area contributed by atoms with E-state index in [1.54, 1.807) is 19.5 Å². The Kier molecular flexibility index (Phi) is 2.84. The molecule has 0 fully saturated rings. The van der Waals surface area contributed by atoms with E-state index in [4.69, 9.17) is 4.74 Å². The summed E-state index contributed by atoms with van der Waals surface area (Å²) < 4.78 is 5.25. The smallest absolute Gasteiger partial charge is 0.225 e. The van der Waals surface area contributed by atoms with Gasteiger partial charge in [0.1, 0.15) is 5.75 Å². The lowest BCUT2D eigenvalue weighted by Gasteiger charge is -2.28. The standard InChI is InChI=1S/C14H15N3O/c1-18-13-4-3-12-10-17(8-5-11(12)9-13)14-15-6-2-7-16-14/h2-4,6-7,9H,5,8,10H2,1H3. The minimum atomic E-state index is 0.805. The highest BCUT2D eigenvalue weighted by Crippen LogP contribution is 2.25. The monoisotopic (exact) mass is 241 g/mol. The van der Waals surface area contributed by atoms with Gasteiger partial charge in [0, 0.05) is 25.5 Å². The van der Waals surface area contributed by atoms with Crippen LogP contribution in [0.4, 0.5) is 5.95 Å². The molecule has 0 saturated carbocycles. The number of ether oxygens (including phenoxy) is 1. The van der Waals surface area contributed by atoms with E-state index < -0.39 is 0 Å². The normalized spacial score (nSPS) is 14.2. The third-order valence-electron chi connectivity index (χ3n) is 3.26. The summed E-state index contributed by atoms with van der Waals surface area (Å²) in [6.45, 7) is 1.81. The summed E-state index contributed by atoms with van der Waals surface area (Å²) in [6, 6.07) is 8.10. The first kappa shape index (κ1) is 11.0. The summed E-state index contributed by atoms with van der Waals surface area (Å²) in [6.07, 6.45) is 4.57. The van der Waals surface area contributed by atoms with E-state index >= 15 is 0 Å². The lowest BCUT2D eigenvalue weighted by atomic mass is 10.00. The number of aromatic nitrogens is 2. The van der Waals surface area contributed by atoms with Crippen LogP contribution in [-0.2, 0) is 13.0 Å².